The lowest BCUT2D eigenvalue weighted by Gasteiger charge is -2.68. The van der Waals surface area contributed by atoms with Gasteiger partial charge in [-0.2, -0.15) is 0 Å². The van der Waals surface area contributed by atoms with Crippen LogP contribution in [0.3, 0.4) is 0 Å². The quantitative estimate of drug-likeness (QED) is 0.749. The van der Waals surface area contributed by atoms with E-state index < -0.39 is 0 Å². The van der Waals surface area contributed by atoms with Crippen LogP contribution in [0, 0.1) is 17.8 Å². The Labute approximate surface area is 148 Å². The number of nitrogens with zero attached hydrogens (tertiary/aromatic N) is 2. The van der Waals surface area contributed by atoms with Gasteiger partial charge in [0.25, 0.3) is 0 Å². The highest BCUT2D eigenvalue weighted by molar-refractivity contribution is 5.86. The van der Waals surface area contributed by atoms with Crippen LogP contribution in [-0.2, 0) is 18.2 Å². The van der Waals surface area contributed by atoms with Crippen LogP contribution >= 0.6 is 0 Å². The Kier molecular flexibility index (Phi) is 2.65. The molecule has 25 heavy (non-hydrogen) atoms. The molecule has 7 rings (SSSR count). The monoisotopic (exact) mass is 339 g/mol. The first-order valence-corrected chi connectivity index (χ1v) is 9.75. The Bertz CT molecular complexity index is 887. The number of aryl methyl sites for hydroxylation is 1. The average molecular weight is 339 g/mol. The van der Waals surface area contributed by atoms with Gasteiger partial charge in [0, 0.05) is 36.7 Å². The minimum Gasteiger partial charge on any atom is -0.377 e. The second-order valence-corrected chi connectivity index (χ2v) is 9.04. The van der Waals surface area contributed by atoms with Crippen molar-refractivity contribution in [2.45, 2.75) is 44.2 Å². The third-order valence-electron chi connectivity index (χ3n) is 8.42. The largest absolute Gasteiger partial charge is 0.377 e. The van der Waals surface area contributed by atoms with Gasteiger partial charge in [-0.3, -0.25) is 4.48 Å². The third kappa shape index (κ3) is 1.48. The molecule has 0 saturated carbocycles. The highest BCUT2D eigenvalue weighted by atomic mass is 16.5. The number of piperidine rings is 3. The van der Waals surface area contributed by atoms with E-state index in [0.717, 1.165) is 17.5 Å². The van der Waals surface area contributed by atoms with E-state index in [9.17, 15) is 5.11 Å². The highest BCUT2D eigenvalue weighted by Crippen LogP contribution is 2.62. The van der Waals surface area contributed by atoms with E-state index in [1.807, 2.05) is 0 Å². The zero-order valence-corrected chi connectivity index (χ0v) is 15.2. The first-order chi connectivity index (χ1) is 12.0. The van der Waals surface area contributed by atoms with Gasteiger partial charge < -0.3 is 14.4 Å². The summed E-state index contributed by atoms with van der Waals surface area (Å²) in [5.41, 5.74) is 4.35. The fourth-order valence-corrected chi connectivity index (χ4v) is 7.27. The van der Waals surface area contributed by atoms with Gasteiger partial charge in [-0.05, 0) is 24.5 Å². The summed E-state index contributed by atoms with van der Waals surface area (Å²) in [7, 11) is 4.55. The summed E-state index contributed by atoms with van der Waals surface area (Å²) in [6, 6.07) is 9.73. The van der Waals surface area contributed by atoms with E-state index in [0.29, 0.717) is 29.8 Å². The Hall–Kier alpha value is -1.36. The van der Waals surface area contributed by atoms with Crippen LogP contribution in [0.2, 0.25) is 0 Å². The van der Waals surface area contributed by atoms with Crippen LogP contribution in [0.25, 0.3) is 10.9 Å². The van der Waals surface area contributed by atoms with Crippen molar-refractivity contribution in [3.8, 4) is 0 Å². The summed E-state index contributed by atoms with van der Waals surface area (Å²) in [6.07, 6.45) is 2.16. The van der Waals surface area contributed by atoms with E-state index in [1.54, 1.807) is 0 Å². The van der Waals surface area contributed by atoms with Crippen molar-refractivity contribution in [1.82, 2.24) is 4.57 Å². The van der Waals surface area contributed by atoms with Crippen LogP contribution in [0.5, 0.6) is 0 Å². The molecular formula is C21H27N2O2+. The molecule has 0 amide bonds. The number of rotatable bonds is 0. The van der Waals surface area contributed by atoms with E-state index >= 15 is 0 Å². The van der Waals surface area contributed by atoms with Crippen molar-refractivity contribution in [3.63, 3.8) is 0 Å². The number of aromatic nitrogens is 1. The first-order valence-electron chi connectivity index (χ1n) is 9.75. The zero-order valence-electron chi connectivity index (χ0n) is 15.2. The lowest BCUT2D eigenvalue weighted by molar-refractivity contribution is -1.03. The molecule has 4 fully saturated rings. The minimum absolute atomic E-state index is 0.182. The smallest absolute Gasteiger partial charge is 0.196 e. The molecule has 8 atom stereocenters. The average Bonchev–Trinajstić information content (AvgIpc) is 2.87. The molecule has 1 N–H and O–H groups in total. The molecule has 5 aliphatic heterocycles. The maximum Gasteiger partial charge on any atom is 0.196 e. The summed E-state index contributed by atoms with van der Waals surface area (Å²) in [5, 5.41) is 12.8. The van der Waals surface area contributed by atoms with Gasteiger partial charge >= 0.3 is 0 Å². The molecule has 1 aromatic heterocycles. The topological polar surface area (TPSA) is 34.4 Å². The van der Waals surface area contributed by atoms with E-state index in [2.05, 4.69) is 49.9 Å². The van der Waals surface area contributed by atoms with E-state index in [4.69, 9.17) is 4.74 Å². The standard InChI is InChI=1S/C21H27N2O2/c1-11-19-13-8-18-20-14(12-6-4-5-7-16(12)22(20)2)9-17(15(13)10-25-11)23(18,3)21(19)24/h4-7,11,13,15,17-19,21,24H,8-10H2,1-3H3/q+1/t11-,13+,15+,17-,18-,19+,21+,23?/m0/s1. The number of aliphatic hydroxyl groups excluding tert-OH is 1. The number of fused-ring (bicyclic) bond motifs is 3. The molecule has 0 spiro atoms. The van der Waals surface area contributed by atoms with Crippen molar-refractivity contribution in [3.05, 3.63) is 35.5 Å². The van der Waals surface area contributed by atoms with Crippen LogP contribution < -0.4 is 0 Å². The zero-order chi connectivity index (χ0) is 17.1. The van der Waals surface area contributed by atoms with Crippen molar-refractivity contribution in [2.24, 2.45) is 24.8 Å². The second kappa shape index (κ2) is 4.48. The van der Waals surface area contributed by atoms with Crippen LogP contribution in [0.4, 0.5) is 0 Å². The minimum atomic E-state index is -0.300. The fourth-order valence-electron chi connectivity index (χ4n) is 7.27. The summed E-state index contributed by atoms with van der Waals surface area (Å²) >= 11 is 0. The molecule has 1 aromatic carbocycles. The normalized spacial score (nSPS) is 47.1. The van der Waals surface area contributed by atoms with Crippen molar-refractivity contribution in [1.29, 1.82) is 0 Å². The highest BCUT2D eigenvalue weighted by Gasteiger charge is 2.70. The van der Waals surface area contributed by atoms with Gasteiger partial charge in [-0.15, -0.1) is 0 Å². The third-order valence-corrected chi connectivity index (χ3v) is 8.42. The lowest BCUT2D eigenvalue weighted by atomic mass is 9.57. The molecule has 0 aliphatic carbocycles. The summed E-state index contributed by atoms with van der Waals surface area (Å²) in [6.45, 7) is 3.04. The number of quaternary nitrogens is 1. The number of para-hydroxylation sites is 1. The van der Waals surface area contributed by atoms with Gasteiger partial charge in [0.1, 0.15) is 12.1 Å². The number of aliphatic hydroxyl groups is 1. The molecule has 6 heterocycles. The number of likely N-dealkylation sites (N-methyl/N-ethyl adjacent to an activating group) is 1. The fraction of sp³-hybridized carbons (Fsp3) is 0.619. The van der Waals surface area contributed by atoms with Crippen molar-refractivity contribution < 1.29 is 14.3 Å². The van der Waals surface area contributed by atoms with Crippen LogP contribution in [-0.4, -0.2) is 46.2 Å². The number of benzene rings is 1. The van der Waals surface area contributed by atoms with Crippen LogP contribution in [0.15, 0.2) is 24.3 Å². The Morgan fingerprint density at radius 2 is 2.04 bits per heavy atom. The lowest BCUT2D eigenvalue weighted by Crippen LogP contribution is -2.79. The van der Waals surface area contributed by atoms with Gasteiger partial charge in [-0.1, -0.05) is 18.2 Å². The summed E-state index contributed by atoms with van der Waals surface area (Å²) in [5.74, 6) is 1.50. The Morgan fingerprint density at radius 1 is 1.24 bits per heavy atom. The van der Waals surface area contributed by atoms with Gasteiger partial charge in [0.2, 0.25) is 0 Å². The summed E-state index contributed by atoms with van der Waals surface area (Å²) < 4.78 is 9.34. The van der Waals surface area contributed by atoms with Crippen LogP contribution in [0.1, 0.15) is 30.6 Å². The van der Waals surface area contributed by atoms with Gasteiger partial charge in [0.05, 0.1) is 31.4 Å². The van der Waals surface area contributed by atoms with E-state index in [1.165, 1.54) is 28.6 Å². The predicted molar refractivity (Wildman–Crippen MR) is 95.8 cm³/mol. The molecule has 4 nitrogen and oxygen atoms in total. The Balaban J connectivity index is 1.62. The van der Waals surface area contributed by atoms with Gasteiger partial charge in [-0.25, -0.2) is 0 Å². The Morgan fingerprint density at radius 3 is 2.88 bits per heavy atom. The van der Waals surface area contributed by atoms with E-state index in [-0.39, 0.29) is 12.3 Å². The molecule has 132 valence electrons. The molecule has 1 unspecified atom stereocenters. The molecule has 4 saturated heterocycles. The molecule has 0 radical (unpaired) electrons. The second-order valence-electron chi connectivity index (χ2n) is 9.04. The maximum atomic E-state index is 11.4. The number of ether oxygens (including phenoxy) is 1. The van der Waals surface area contributed by atoms with Gasteiger partial charge in [0.15, 0.2) is 6.23 Å². The maximum absolute atomic E-state index is 11.4. The number of hydrogen-bond acceptors (Lipinski definition) is 2. The SMILES string of the molecule is C[C@@H]1OC[C@@H]2[C@H]3C[C@H]4c5c(c6ccccc6n5C)C[C@@H]2[N+]4(C)[C@H](O)[C@@H]31. The predicted octanol–water partition coefficient (Wildman–Crippen LogP) is 2.59. The molecule has 2 aromatic rings. The molecule has 4 heteroatoms. The molecule has 6 bridgehead atoms. The molecule has 5 aliphatic rings. The number of hydrogen-bond donors (Lipinski definition) is 1. The van der Waals surface area contributed by atoms with Crippen molar-refractivity contribution in [2.75, 3.05) is 13.7 Å². The molecular weight excluding hydrogens is 312 g/mol. The van der Waals surface area contributed by atoms with Crippen molar-refractivity contribution >= 4 is 10.9 Å². The summed E-state index contributed by atoms with van der Waals surface area (Å²) in [4.78, 5) is 0. The first kappa shape index (κ1) is 14.8.